The molecular weight excluding hydrogens is 152 g/mol. The molecule has 0 unspecified atom stereocenters. The smallest absolute Gasteiger partial charge is 0.344 e. The molecule has 2 N–H and O–H groups in total. The van der Waals surface area contributed by atoms with Crippen molar-refractivity contribution in [3.05, 3.63) is 28.1 Å². The molecule has 0 spiro atoms. The highest BCUT2D eigenvalue weighted by Gasteiger charge is 2.19. The van der Waals surface area contributed by atoms with Gasteiger partial charge in [0.1, 0.15) is 0 Å². The first kappa shape index (κ1) is 7.26. The van der Waals surface area contributed by atoms with E-state index in [9.17, 15) is 14.9 Å². The third-order valence-electron chi connectivity index (χ3n) is 1.15. The van der Waals surface area contributed by atoms with Crippen molar-refractivity contribution in [3.8, 4) is 0 Å². The van der Waals surface area contributed by atoms with Crippen molar-refractivity contribution >= 4 is 11.7 Å². The lowest BCUT2D eigenvalue weighted by Gasteiger charge is -1.86. The van der Waals surface area contributed by atoms with Crippen LogP contribution in [0.3, 0.4) is 0 Å². The summed E-state index contributed by atoms with van der Waals surface area (Å²) in [6.45, 7) is 0. The summed E-state index contributed by atoms with van der Waals surface area (Å²) < 4.78 is 0. The van der Waals surface area contributed by atoms with Gasteiger partial charge in [0.25, 0.3) is 0 Å². The van der Waals surface area contributed by atoms with Gasteiger partial charge < -0.3 is 10.1 Å². The maximum Gasteiger partial charge on any atom is 0.344 e. The fraction of sp³-hybridized carbons (Fsp3) is 0. The molecule has 0 aliphatic rings. The Morgan fingerprint density at radius 2 is 2.27 bits per heavy atom. The van der Waals surface area contributed by atoms with Crippen LogP contribution in [0.2, 0.25) is 0 Å². The van der Waals surface area contributed by atoms with Crippen molar-refractivity contribution in [1.82, 2.24) is 4.98 Å². The van der Waals surface area contributed by atoms with Gasteiger partial charge in [0.2, 0.25) is 0 Å². The van der Waals surface area contributed by atoms with Gasteiger partial charge in [0.15, 0.2) is 5.56 Å². The van der Waals surface area contributed by atoms with Gasteiger partial charge in [0, 0.05) is 6.20 Å². The minimum absolute atomic E-state index is 0.324. The molecule has 6 heteroatoms. The van der Waals surface area contributed by atoms with Crippen molar-refractivity contribution in [2.24, 2.45) is 0 Å². The van der Waals surface area contributed by atoms with Crippen molar-refractivity contribution in [2.75, 3.05) is 0 Å². The molecule has 0 amide bonds. The van der Waals surface area contributed by atoms with Crippen molar-refractivity contribution < 1.29 is 14.8 Å². The molecule has 1 rings (SSSR count). The number of hydrogen-bond acceptors (Lipinski definition) is 3. The molecule has 11 heavy (non-hydrogen) atoms. The molecule has 0 fully saturated rings. The minimum Gasteiger partial charge on any atom is -0.477 e. The predicted octanol–water partition coefficient (Wildman–Crippen LogP) is 0.621. The van der Waals surface area contributed by atoms with Gasteiger partial charge in [-0.2, -0.15) is 0 Å². The lowest BCUT2D eigenvalue weighted by molar-refractivity contribution is -0.385. The summed E-state index contributed by atoms with van der Waals surface area (Å²) in [5.41, 5.74) is -0.743. The summed E-state index contributed by atoms with van der Waals surface area (Å²) in [5, 5.41) is 18.5. The quantitative estimate of drug-likeness (QED) is 0.484. The molecule has 0 aliphatic heterocycles. The van der Waals surface area contributed by atoms with E-state index in [0.29, 0.717) is 0 Å². The minimum atomic E-state index is -1.31. The summed E-state index contributed by atoms with van der Waals surface area (Å²) in [7, 11) is 0. The maximum atomic E-state index is 10.3. The van der Waals surface area contributed by atoms with Gasteiger partial charge in [-0.15, -0.1) is 0 Å². The molecule has 0 aliphatic carbocycles. The van der Waals surface area contributed by atoms with E-state index in [1.807, 2.05) is 0 Å². The predicted molar refractivity (Wildman–Crippen MR) is 34.4 cm³/mol. The van der Waals surface area contributed by atoms with Crippen molar-refractivity contribution in [2.45, 2.75) is 0 Å². The molecule has 58 valence electrons. The SMILES string of the molecule is O=C(O)c1c[nH]cc1[N+](=O)[O-]. The highest BCUT2D eigenvalue weighted by molar-refractivity contribution is 5.92. The van der Waals surface area contributed by atoms with Crippen LogP contribution in [0.25, 0.3) is 0 Å². The molecule has 0 atom stereocenters. The van der Waals surface area contributed by atoms with Gasteiger partial charge >= 0.3 is 11.7 Å². The van der Waals surface area contributed by atoms with Crippen LogP contribution in [-0.2, 0) is 0 Å². The number of carboxylic acid groups (broad SMARTS) is 1. The van der Waals surface area contributed by atoms with E-state index in [0.717, 1.165) is 12.4 Å². The molecule has 0 aromatic carbocycles. The van der Waals surface area contributed by atoms with Gasteiger partial charge in [0.05, 0.1) is 11.1 Å². The molecule has 0 saturated carbocycles. The number of nitrogens with one attached hydrogen (secondary N) is 1. The summed E-state index contributed by atoms with van der Waals surface area (Å²) in [6.07, 6.45) is 2.10. The molecule has 0 radical (unpaired) electrons. The molecule has 0 bridgehead atoms. The zero-order valence-electron chi connectivity index (χ0n) is 5.27. The maximum absolute atomic E-state index is 10.3. The number of H-pyrrole nitrogens is 1. The number of aromatic amines is 1. The third kappa shape index (κ3) is 1.18. The zero-order chi connectivity index (χ0) is 8.43. The van der Waals surface area contributed by atoms with Gasteiger partial charge in [-0.25, -0.2) is 4.79 Å². The zero-order valence-corrected chi connectivity index (χ0v) is 5.27. The summed E-state index contributed by atoms with van der Waals surface area (Å²) >= 11 is 0. The second kappa shape index (κ2) is 2.41. The average molecular weight is 156 g/mol. The Kier molecular flexibility index (Phi) is 1.59. The van der Waals surface area contributed by atoms with E-state index in [1.54, 1.807) is 0 Å². The van der Waals surface area contributed by atoms with Crippen LogP contribution in [0.4, 0.5) is 5.69 Å². The molecule has 6 nitrogen and oxygen atoms in total. The van der Waals surface area contributed by atoms with Crippen LogP contribution >= 0.6 is 0 Å². The van der Waals surface area contributed by atoms with E-state index >= 15 is 0 Å². The van der Waals surface area contributed by atoms with E-state index in [2.05, 4.69) is 4.98 Å². The monoisotopic (exact) mass is 156 g/mol. The molecular formula is C5H4N2O4. The highest BCUT2D eigenvalue weighted by atomic mass is 16.6. The second-order valence-corrected chi connectivity index (χ2v) is 1.82. The molecule has 1 heterocycles. The standard InChI is InChI=1S/C5H4N2O4/c8-5(9)3-1-6-2-4(3)7(10)11/h1-2,6H,(H,8,9). The van der Waals surface area contributed by atoms with Crippen LogP contribution in [0.5, 0.6) is 0 Å². The van der Waals surface area contributed by atoms with Crippen molar-refractivity contribution in [1.29, 1.82) is 0 Å². The van der Waals surface area contributed by atoms with Gasteiger partial charge in [-0.05, 0) is 0 Å². The van der Waals surface area contributed by atoms with E-state index < -0.39 is 16.6 Å². The van der Waals surface area contributed by atoms with Gasteiger partial charge in [-0.3, -0.25) is 10.1 Å². The number of aromatic nitrogens is 1. The van der Waals surface area contributed by atoms with Crippen LogP contribution in [-0.4, -0.2) is 21.0 Å². The summed E-state index contributed by atoms with van der Waals surface area (Å²) in [5.74, 6) is -1.31. The Morgan fingerprint density at radius 1 is 1.64 bits per heavy atom. The third-order valence-corrected chi connectivity index (χ3v) is 1.15. The Bertz CT molecular complexity index is 275. The van der Waals surface area contributed by atoms with E-state index in [4.69, 9.17) is 5.11 Å². The lowest BCUT2D eigenvalue weighted by Crippen LogP contribution is -1.98. The Labute approximate surface area is 60.6 Å². The number of carbonyl (C=O) groups is 1. The fourth-order valence-electron chi connectivity index (χ4n) is 0.678. The number of hydrogen-bond donors (Lipinski definition) is 2. The van der Waals surface area contributed by atoms with Crippen molar-refractivity contribution in [3.63, 3.8) is 0 Å². The fourth-order valence-corrected chi connectivity index (χ4v) is 0.678. The van der Waals surface area contributed by atoms with Crippen LogP contribution in [0, 0.1) is 10.1 Å². The Hall–Kier alpha value is -1.85. The first-order chi connectivity index (χ1) is 5.13. The summed E-state index contributed by atoms with van der Waals surface area (Å²) in [4.78, 5) is 22.0. The number of rotatable bonds is 2. The Morgan fingerprint density at radius 3 is 2.64 bits per heavy atom. The van der Waals surface area contributed by atoms with Crippen LogP contribution in [0.15, 0.2) is 12.4 Å². The lowest BCUT2D eigenvalue weighted by atomic mass is 10.3. The average Bonchev–Trinajstić information content (AvgIpc) is 2.32. The molecule has 1 aromatic heterocycles. The molecule has 1 aromatic rings. The Balaban J connectivity index is 3.16. The van der Waals surface area contributed by atoms with E-state index in [-0.39, 0.29) is 5.56 Å². The topological polar surface area (TPSA) is 96.2 Å². The number of aromatic carboxylic acids is 1. The van der Waals surface area contributed by atoms with Gasteiger partial charge in [-0.1, -0.05) is 0 Å². The van der Waals surface area contributed by atoms with Crippen LogP contribution in [0.1, 0.15) is 10.4 Å². The second-order valence-electron chi connectivity index (χ2n) is 1.82. The normalized spacial score (nSPS) is 9.45. The number of carboxylic acids is 1. The molecule has 0 saturated heterocycles. The summed E-state index contributed by atoms with van der Waals surface area (Å²) in [6, 6.07) is 0. The highest BCUT2D eigenvalue weighted by Crippen LogP contribution is 2.16. The first-order valence-electron chi connectivity index (χ1n) is 2.67. The van der Waals surface area contributed by atoms with E-state index in [1.165, 1.54) is 0 Å². The first-order valence-corrected chi connectivity index (χ1v) is 2.67. The van der Waals surface area contributed by atoms with Crippen LogP contribution < -0.4 is 0 Å². The largest absolute Gasteiger partial charge is 0.477 e. The number of nitro groups is 1. The number of nitrogens with zero attached hydrogens (tertiary/aromatic N) is 1.